The number of rotatable bonds is 7. The largest absolute Gasteiger partial charge is 0.393 e. The zero-order valence-corrected chi connectivity index (χ0v) is 19.6. The molecule has 9 heteroatoms. The van der Waals surface area contributed by atoms with Gasteiger partial charge in [-0.1, -0.05) is 5.16 Å². The van der Waals surface area contributed by atoms with Gasteiger partial charge in [0.25, 0.3) is 0 Å². The van der Waals surface area contributed by atoms with Crippen LogP contribution in [-0.2, 0) is 25.5 Å². The van der Waals surface area contributed by atoms with E-state index in [1.807, 2.05) is 6.92 Å². The maximum Gasteiger partial charge on any atom is 0.190 e. The highest BCUT2D eigenvalue weighted by Gasteiger charge is 2.56. The van der Waals surface area contributed by atoms with Crippen molar-refractivity contribution in [3.05, 3.63) is 23.0 Å². The fraction of sp³-hybridized carbons (Fsp3) is 0.739. The molecule has 2 fully saturated rings. The summed E-state index contributed by atoms with van der Waals surface area (Å²) in [6.07, 6.45) is -1.35. The molecule has 0 saturated carbocycles. The molecule has 178 valence electrons. The molecule has 2 saturated heterocycles. The number of aliphatic hydroxyl groups is 2. The third kappa shape index (κ3) is 4.92. The second kappa shape index (κ2) is 9.23. The van der Waals surface area contributed by atoms with Crippen molar-refractivity contribution in [1.82, 2.24) is 4.98 Å². The number of hydrogen-bond acceptors (Lipinski definition) is 9. The number of fused-ring (bicyclic) bond motifs is 2. The number of oxime groups is 1. The van der Waals surface area contributed by atoms with Crippen molar-refractivity contribution in [3.8, 4) is 0 Å². The highest BCUT2D eigenvalue weighted by Crippen LogP contribution is 2.38. The minimum atomic E-state index is -1.05. The van der Waals surface area contributed by atoms with Gasteiger partial charge >= 0.3 is 0 Å². The second-order valence-electron chi connectivity index (χ2n) is 9.45. The average molecular weight is 450 g/mol. The summed E-state index contributed by atoms with van der Waals surface area (Å²) in [5.74, 6) is -0.813. The van der Waals surface area contributed by atoms with E-state index in [-0.39, 0.29) is 6.61 Å². The molecule has 0 aromatic carbocycles. The molecule has 0 aliphatic carbocycles. The molecule has 0 bridgehead atoms. The maximum absolute atomic E-state index is 10.4. The molecule has 0 spiro atoms. The quantitative estimate of drug-likeness (QED) is 0.480. The summed E-state index contributed by atoms with van der Waals surface area (Å²) >= 11 is 0. The van der Waals surface area contributed by atoms with Crippen molar-refractivity contribution >= 4 is 11.4 Å². The summed E-state index contributed by atoms with van der Waals surface area (Å²) in [6, 6.07) is 2.23. The molecule has 32 heavy (non-hydrogen) atoms. The fourth-order valence-corrected chi connectivity index (χ4v) is 4.48. The Balaban J connectivity index is 1.25. The average Bonchev–Trinajstić information content (AvgIpc) is 3.19. The first-order valence-electron chi connectivity index (χ1n) is 11.4. The fourth-order valence-electron chi connectivity index (χ4n) is 4.48. The summed E-state index contributed by atoms with van der Waals surface area (Å²) in [5, 5.41) is 25.0. The van der Waals surface area contributed by atoms with Crippen LogP contribution in [0.5, 0.6) is 0 Å². The van der Waals surface area contributed by atoms with E-state index in [0.717, 1.165) is 43.8 Å². The lowest BCUT2D eigenvalue weighted by atomic mass is 10.0. The van der Waals surface area contributed by atoms with E-state index in [4.69, 9.17) is 24.0 Å². The Morgan fingerprint density at radius 2 is 2.16 bits per heavy atom. The van der Waals surface area contributed by atoms with Gasteiger partial charge in [-0.25, -0.2) is 0 Å². The standard InChI is InChI=1S/C23H35N3O6/c1-13-11-17-16(24-15(13)3)7-6-9-26(17)10-8-14(2)25-29-12-18(27)20-19(28)21-22(30-20)32-23(4,5)31-21/h11,18-22,27-28H,6-10,12H2,1-5H3/b25-14-/t18-,19+,20-,21-,22-/m1/s1. The maximum atomic E-state index is 10.4. The van der Waals surface area contributed by atoms with E-state index < -0.39 is 36.5 Å². The molecule has 0 unspecified atom stereocenters. The van der Waals surface area contributed by atoms with Gasteiger partial charge in [0.2, 0.25) is 0 Å². The molecule has 0 radical (unpaired) electrons. The number of pyridine rings is 1. The van der Waals surface area contributed by atoms with Crippen LogP contribution in [-0.4, -0.2) is 77.1 Å². The van der Waals surface area contributed by atoms with Crippen molar-refractivity contribution < 1.29 is 29.3 Å². The normalized spacial score (nSPS) is 30.2. The van der Waals surface area contributed by atoms with Gasteiger partial charge in [0.15, 0.2) is 12.1 Å². The van der Waals surface area contributed by atoms with Crippen LogP contribution in [0, 0.1) is 13.8 Å². The predicted molar refractivity (Wildman–Crippen MR) is 119 cm³/mol. The van der Waals surface area contributed by atoms with Crippen LogP contribution in [0.3, 0.4) is 0 Å². The first kappa shape index (κ1) is 23.4. The van der Waals surface area contributed by atoms with Gasteiger partial charge in [0.1, 0.15) is 31.0 Å². The zero-order chi connectivity index (χ0) is 23.0. The Morgan fingerprint density at radius 3 is 2.91 bits per heavy atom. The molecular formula is C23H35N3O6. The van der Waals surface area contributed by atoms with Crippen molar-refractivity contribution in [2.75, 3.05) is 24.6 Å². The topological polar surface area (TPSA) is 106 Å². The highest BCUT2D eigenvalue weighted by molar-refractivity contribution is 5.81. The molecule has 5 atom stereocenters. The van der Waals surface area contributed by atoms with Crippen LogP contribution in [0.1, 0.15) is 50.6 Å². The smallest absolute Gasteiger partial charge is 0.190 e. The Bertz CT molecular complexity index is 860. The number of aryl methyl sites for hydroxylation is 3. The van der Waals surface area contributed by atoms with Crippen LogP contribution in [0.4, 0.5) is 5.69 Å². The van der Waals surface area contributed by atoms with Gasteiger partial charge in [-0.3, -0.25) is 4.98 Å². The molecule has 0 amide bonds. The molecule has 2 N–H and O–H groups in total. The lowest BCUT2D eigenvalue weighted by Crippen LogP contribution is -2.42. The molecule has 1 aromatic rings. The number of anilines is 1. The lowest BCUT2D eigenvalue weighted by Gasteiger charge is -2.31. The van der Waals surface area contributed by atoms with Gasteiger partial charge in [-0.2, -0.15) is 0 Å². The van der Waals surface area contributed by atoms with Gasteiger partial charge in [-0.05, 0) is 59.1 Å². The SMILES string of the molecule is C/C(CCN1CCCc2nc(C)c(C)cc21)=N/OC[C@@H](O)[C@H]1O[C@@H]2OC(C)(C)O[C@@H]2[C@H]1O. The van der Waals surface area contributed by atoms with Crippen LogP contribution in [0.25, 0.3) is 0 Å². The Morgan fingerprint density at radius 1 is 1.38 bits per heavy atom. The first-order chi connectivity index (χ1) is 15.1. The molecular weight excluding hydrogens is 414 g/mol. The van der Waals surface area contributed by atoms with E-state index in [2.05, 4.69) is 30.0 Å². The summed E-state index contributed by atoms with van der Waals surface area (Å²) in [4.78, 5) is 12.5. The van der Waals surface area contributed by atoms with Crippen LogP contribution in [0.15, 0.2) is 11.2 Å². The predicted octanol–water partition coefficient (Wildman–Crippen LogP) is 1.83. The third-order valence-corrected chi connectivity index (χ3v) is 6.35. The van der Waals surface area contributed by atoms with Gasteiger partial charge in [0.05, 0.1) is 17.1 Å². The van der Waals surface area contributed by atoms with Crippen molar-refractivity contribution in [1.29, 1.82) is 0 Å². The van der Waals surface area contributed by atoms with Crippen molar-refractivity contribution in [3.63, 3.8) is 0 Å². The van der Waals surface area contributed by atoms with E-state index in [9.17, 15) is 10.2 Å². The minimum absolute atomic E-state index is 0.0865. The summed E-state index contributed by atoms with van der Waals surface area (Å²) in [5.41, 5.74) is 5.52. The van der Waals surface area contributed by atoms with E-state index in [1.165, 1.54) is 16.9 Å². The number of nitrogens with zero attached hydrogens (tertiary/aromatic N) is 3. The molecule has 3 aliphatic rings. The van der Waals surface area contributed by atoms with Crippen molar-refractivity contribution in [2.24, 2.45) is 5.16 Å². The van der Waals surface area contributed by atoms with E-state index in [1.54, 1.807) is 13.8 Å². The number of ether oxygens (including phenoxy) is 3. The lowest BCUT2D eigenvalue weighted by molar-refractivity contribution is -0.228. The number of hydrogen-bond donors (Lipinski definition) is 2. The third-order valence-electron chi connectivity index (χ3n) is 6.35. The van der Waals surface area contributed by atoms with Crippen LogP contribution in [0.2, 0.25) is 0 Å². The second-order valence-corrected chi connectivity index (χ2v) is 9.45. The highest BCUT2D eigenvalue weighted by atomic mass is 16.8. The monoisotopic (exact) mass is 449 g/mol. The van der Waals surface area contributed by atoms with Crippen LogP contribution < -0.4 is 4.90 Å². The summed E-state index contributed by atoms with van der Waals surface area (Å²) in [6.45, 7) is 11.3. The van der Waals surface area contributed by atoms with Gasteiger partial charge < -0.3 is 34.2 Å². The van der Waals surface area contributed by atoms with Gasteiger partial charge in [-0.15, -0.1) is 0 Å². The first-order valence-corrected chi connectivity index (χ1v) is 11.4. The number of aliphatic hydroxyl groups excluding tert-OH is 2. The Labute approximate surface area is 189 Å². The van der Waals surface area contributed by atoms with E-state index in [0.29, 0.717) is 0 Å². The Kier molecular flexibility index (Phi) is 6.74. The summed E-state index contributed by atoms with van der Waals surface area (Å²) in [7, 11) is 0. The molecule has 4 rings (SSSR count). The number of aromatic nitrogens is 1. The van der Waals surface area contributed by atoms with Crippen LogP contribution >= 0.6 is 0 Å². The molecule has 4 heterocycles. The molecule has 9 nitrogen and oxygen atoms in total. The Hall–Kier alpha value is -1.78. The van der Waals surface area contributed by atoms with E-state index >= 15 is 0 Å². The molecule has 1 aromatic heterocycles. The molecule has 3 aliphatic heterocycles. The van der Waals surface area contributed by atoms with Gasteiger partial charge in [0, 0.05) is 25.2 Å². The zero-order valence-electron chi connectivity index (χ0n) is 19.6. The summed E-state index contributed by atoms with van der Waals surface area (Å²) < 4.78 is 16.9. The van der Waals surface area contributed by atoms with Crippen molar-refractivity contribution in [2.45, 2.75) is 90.4 Å². The minimum Gasteiger partial charge on any atom is -0.393 e.